The number of methoxy groups -OCH3 is 1. The lowest BCUT2D eigenvalue weighted by molar-refractivity contribution is -0.120. The van der Waals surface area contributed by atoms with Gasteiger partial charge in [-0.3, -0.25) is 9.69 Å². The Morgan fingerprint density at radius 3 is 2.68 bits per heavy atom. The normalized spacial score (nSPS) is 15.9. The van der Waals surface area contributed by atoms with Gasteiger partial charge in [0.15, 0.2) is 0 Å². The highest BCUT2D eigenvalue weighted by Crippen LogP contribution is 2.29. The van der Waals surface area contributed by atoms with Crippen molar-refractivity contribution in [2.75, 3.05) is 25.5 Å². The molecule has 0 fully saturated rings. The number of aromatic nitrogens is 1. The minimum atomic E-state index is -0.192. The van der Waals surface area contributed by atoms with Crippen LogP contribution in [0.2, 0.25) is 0 Å². The summed E-state index contributed by atoms with van der Waals surface area (Å²) < 4.78 is 5.15. The van der Waals surface area contributed by atoms with Crippen LogP contribution in [0.4, 0.5) is 5.69 Å². The molecule has 28 heavy (non-hydrogen) atoms. The highest BCUT2D eigenvalue weighted by atomic mass is 16.5. The fraction of sp³-hybridized carbons (Fsp3) is 0.261. The lowest BCUT2D eigenvalue weighted by Crippen LogP contribution is -2.44. The summed E-state index contributed by atoms with van der Waals surface area (Å²) in [5.41, 5.74) is 4.56. The first-order valence-electron chi connectivity index (χ1n) is 9.60. The molecule has 1 amide bonds. The molecular formula is C23H25N3O2. The number of ether oxygens (including phenoxy) is 1. The average Bonchev–Trinajstić information content (AvgIpc) is 3.18. The van der Waals surface area contributed by atoms with E-state index in [1.165, 1.54) is 16.5 Å². The number of amides is 1. The fourth-order valence-corrected chi connectivity index (χ4v) is 3.71. The quantitative estimate of drug-likeness (QED) is 0.699. The van der Waals surface area contributed by atoms with E-state index in [4.69, 9.17) is 4.74 Å². The molecule has 0 saturated heterocycles. The molecule has 1 aromatic heterocycles. The third kappa shape index (κ3) is 3.66. The number of benzene rings is 2. The van der Waals surface area contributed by atoms with Crippen molar-refractivity contribution in [2.45, 2.75) is 19.4 Å². The first-order chi connectivity index (χ1) is 13.7. The topological polar surface area (TPSA) is 57.4 Å². The SMILES string of the molecule is COc1ccc(NC(=O)C(C)N2CC=C(c3c[nH]c4ccccc34)CC2)cc1. The zero-order chi connectivity index (χ0) is 19.5. The number of anilines is 1. The number of carbonyl (C=O) groups is 1. The van der Waals surface area contributed by atoms with Crippen LogP contribution in [0.25, 0.3) is 16.5 Å². The summed E-state index contributed by atoms with van der Waals surface area (Å²) in [5, 5.41) is 4.25. The van der Waals surface area contributed by atoms with Gasteiger partial charge in [0, 0.05) is 41.4 Å². The molecule has 4 rings (SSSR count). The smallest absolute Gasteiger partial charge is 0.241 e. The third-order valence-electron chi connectivity index (χ3n) is 5.46. The number of para-hydroxylation sites is 1. The predicted molar refractivity (Wildman–Crippen MR) is 114 cm³/mol. The Morgan fingerprint density at radius 1 is 1.18 bits per heavy atom. The minimum Gasteiger partial charge on any atom is -0.497 e. The molecular weight excluding hydrogens is 350 g/mol. The number of nitrogens with one attached hydrogen (secondary N) is 2. The molecule has 144 valence electrons. The molecule has 0 saturated carbocycles. The van der Waals surface area contributed by atoms with E-state index < -0.39 is 0 Å². The first kappa shape index (κ1) is 18.3. The van der Waals surface area contributed by atoms with Crippen molar-refractivity contribution in [1.29, 1.82) is 0 Å². The number of nitrogens with zero attached hydrogens (tertiary/aromatic N) is 1. The summed E-state index contributed by atoms with van der Waals surface area (Å²) in [4.78, 5) is 18.2. The Labute approximate surface area is 165 Å². The second-order valence-corrected chi connectivity index (χ2v) is 7.12. The van der Waals surface area contributed by atoms with E-state index >= 15 is 0 Å². The Hall–Kier alpha value is -3.05. The number of hydrogen-bond donors (Lipinski definition) is 2. The molecule has 1 atom stereocenters. The maximum atomic E-state index is 12.6. The van der Waals surface area contributed by atoms with Crippen molar-refractivity contribution >= 4 is 28.1 Å². The molecule has 2 heterocycles. The second-order valence-electron chi connectivity index (χ2n) is 7.12. The molecule has 1 aliphatic heterocycles. The van der Waals surface area contributed by atoms with Crippen molar-refractivity contribution in [3.63, 3.8) is 0 Å². The lowest BCUT2D eigenvalue weighted by atomic mass is 9.98. The first-order valence-corrected chi connectivity index (χ1v) is 9.60. The van der Waals surface area contributed by atoms with E-state index in [0.29, 0.717) is 0 Å². The van der Waals surface area contributed by atoms with E-state index in [1.54, 1.807) is 7.11 Å². The van der Waals surface area contributed by atoms with Crippen LogP contribution in [0.1, 0.15) is 18.9 Å². The van der Waals surface area contributed by atoms with Gasteiger partial charge in [-0.15, -0.1) is 0 Å². The number of rotatable bonds is 5. The van der Waals surface area contributed by atoms with Crippen LogP contribution in [-0.2, 0) is 4.79 Å². The molecule has 0 spiro atoms. The van der Waals surface area contributed by atoms with Crippen LogP contribution < -0.4 is 10.1 Å². The zero-order valence-corrected chi connectivity index (χ0v) is 16.2. The molecule has 2 N–H and O–H groups in total. The Balaban J connectivity index is 1.41. The average molecular weight is 375 g/mol. The van der Waals surface area contributed by atoms with Gasteiger partial charge in [0.25, 0.3) is 0 Å². The van der Waals surface area contributed by atoms with Crippen molar-refractivity contribution in [1.82, 2.24) is 9.88 Å². The molecule has 0 radical (unpaired) electrons. The summed E-state index contributed by atoms with van der Waals surface area (Å²) in [6.07, 6.45) is 5.27. The van der Waals surface area contributed by atoms with Crippen molar-refractivity contribution in [3.05, 3.63) is 66.4 Å². The number of fused-ring (bicyclic) bond motifs is 1. The van der Waals surface area contributed by atoms with E-state index in [2.05, 4.69) is 45.7 Å². The maximum absolute atomic E-state index is 12.6. The van der Waals surface area contributed by atoms with Gasteiger partial charge in [-0.25, -0.2) is 0 Å². The molecule has 0 aliphatic carbocycles. The number of hydrogen-bond acceptors (Lipinski definition) is 3. The highest BCUT2D eigenvalue weighted by Gasteiger charge is 2.24. The molecule has 5 nitrogen and oxygen atoms in total. The standard InChI is InChI=1S/C23H25N3O2/c1-16(23(27)25-18-7-9-19(28-2)10-8-18)26-13-11-17(12-14-26)21-15-24-22-6-4-3-5-20(21)22/h3-11,15-16,24H,12-14H2,1-2H3,(H,25,27). The Bertz CT molecular complexity index is 1000. The lowest BCUT2D eigenvalue weighted by Gasteiger charge is -2.31. The number of H-pyrrole nitrogens is 1. The third-order valence-corrected chi connectivity index (χ3v) is 5.46. The summed E-state index contributed by atoms with van der Waals surface area (Å²) in [6, 6.07) is 15.6. The second kappa shape index (κ2) is 7.90. The van der Waals surface area contributed by atoms with Gasteiger partial charge in [0.05, 0.1) is 13.2 Å². The van der Waals surface area contributed by atoms with Crippen LogP contribution in [0.15, 0.2) is 60.8 Å². The van der Waals surface area contributed by atoms with Crippen molar-refractivity contribution < 1.29 is 9.53 Å². The van der Waals surface area contributed by atoms with Gasteiger partial charge >= 0.3 is 0 Å². The highest BCUT2D eigenvalue weighted by molar-refractivity contribution is 5.95. The number of aromatic amines is 1. The Kier molecular flexibility index (Phi) is 5.17. The van der Waals surface area contributed by atoms with Gasteiger partial charge in [-0.2, -0.15) is 0 Å². The molecule has 1 unspecified atom stereocenters. The summed E-state index contributed by atoms with van der Waals surface area (Å²) in [5.74, 6) is 0.783. The molecule has 3 aromatic rings. The minimum absolute atomic E-state index is 0.00844. The molecule has 1 aliphatic rings. The van der Waals surface area contributed by atoms with Crippen LogP contribution in [-0.4, -0.2) is 42.0 Å². The summed E-state index contributed by atoms with van der Waals surface area (Å²) in [6.45, 7) is 3.60. The van der Waals surface area contributed by atoms with E-state index in [9.17, 15) is 4.79 Å². The zero-order valence-electron chi connectivity index (χ0n) is 16.2. The molecule has 5 heteroatoms. The van der Waals surface area contributed by atoms with Crippen LogP contribution in [0.5, 0.6) is 5.75 Å². The van der Waals surface area contributed by atoms with Gasteiger partial charge in [0.2, 0.25) is 5.91 Å². The van der Waals surface area contributed by atoms with E-state index in [1.807, 2.05) is 37.3 Å². The van der Waals surface area contributed by atoms with Gasteiger partial charge in [-0.05, 0) is 49.2 Å². The number of carbonyl (C=O) groups excluding carboxylic acids is 1. The van der Waals surface area contributed by atoms with Crippen LogP contribution in [0, 0.1) is 0 Å². The predicted octanol–water partition coefficient (Wildman–Crippen LogP) is 4.29. The van der Waals surface area contributed by atoms with Crippen LogP contribution >= 0.6 is 0 Å². The molecule has 0 bridgehead atoms. The molecule has 2 aromatic carbocycles. The van der Waals surface area contributed by atoms with Gasteiger partial charge < -0.3 is 15.0 Å². The van der Waals surface area contributed by atoms with E-state index in [0.717, 1.165) is 36.5 Å². The van der Waals surface area contributed by atoms with E-state index in [-0.39, 0.29) is 11.9 Å². The van der Waals surface area contributed by atoms with Crippen molar-refractivity contribution in [3.8, 4) is 5.75 Å². The monoisotopic (exact) mass is 375 g/mol. The van der Waals surface area contributed by atoms with Gasteiger partial charge in [-0.1, -0.05) is 24.3 Å². The summed E-state index contributed by atoms with van der Waals surface area (Å²) >= 11 is 0. The summed E-state index contributed by atoms with van der Waals surface area (Å²) in [7, 11) is 1.63. The van der Waals surface area contributed by atoms with Gasteiger partial charge in [0.1, 0.15) is 5.75 Å². The van der Waals surface area contributed by atoms with Crippen molar-refractivity contribution in [2.24, 2.45) is 0 Å². The van der Waals surface area contributed by atoms with Crippen LogP contribution in [0.3, 0.4) is 0 Å². The fourth-order valence-electron chi connectivity index (χ4n) is 3.71. The maximum Gasteiger partial charge on any atom is 0.241 e. The largest absolute Gasteiger partial charge is 0.497 e. The Morgan fingerprint density at radius 2 is 1.96 bits per heavy atom.